The van der Waals surface area contributed by atoms with Crippen molar-refractivity contribution < 1.29 is 24.6 Å². The van der Waals surface area contributed by atoms with Gasteiger partial charge in [0, 0.05) is 0 Å². The first-order valence-corrected chi connectivity index (χ1v) is 5.07. The first-order chi connectivity index (χ1) is 7.77. The Morgan fingerprint density at radius 1 is 1.47 bits per heavy atom. The summed E-state index contributed by atoms with van der Waals surface area (Å²) in [4.78, 5) is 33.2. The van der Waals surface area contributed by atoms with Crippen LogP contribution in [0.4, 0.5) is 4.79 Å². The third-order valence-electron chi connectivity index (χ3n) is 2.89. The molecule has 8 heteroatoms. The lowest BCUT2D eigenvalue weighted by molar-refractivity contribution is -0.147. The van der Waals surface area contributed by atoms with Gasteiger partial charge in [0.2, 0.25) is 5.91 Å². The SMILES string of the molecule is CC(O)C1C(=O)NC1C(C)C(=O)N(N)C(=O)O. The second-order valence-electron chi connectivity index (χ2n) is 4.08. The maximum absolute atomic E-state index is 11.6. The summed E-state index contributed by atoms with van der Waals surface area (Å²) < 4.78 is 0. The van der Waals surface area contributed by atoms with E-state index in [-0.39, 0.29) is 10.9 Å². The van der Waals surface area contributed by atoms with Crippen molar-refractivity contribution >= 4 is 17.9 Å². The fourth-order valence-electron chi connectivity index (χ4n) is 1.84. The molecule has 1 heterocycles. The standard InChI is InChI=1S/C9H15N3O5/c1-3(8(15)12(10)9(16)17)6-5(4(2)13)7(14)11-6/h3-6,13H,10H2,1-2H3,(H,11,14)(H,16,17). The Hall–Kier alpha value is -1.67. The van der Waals surface area contributed by atoms with Crippen molar-refractivity contribution in [1.82, 2.24) is 10.3 Å². The summed E-state index contributed by atoms with van der Waals surface area (Å²) in [5, 5.41) is 20.4. The second-order valence-corrected chi connectivity index (χ2v) is 4.08. The molecule has 1 rings (SSSR count). The van der Waals surface area contributed by atoms with Crippen molar-refractivity contribution in [2.45, 2.75) is 26.0 Å². The molecule has 96 valence electrons. The molecule has 4 unspecified atom stereocenters. The molecule has 0 spiro atoms. The van der Waals surface area contributed by atoms with E-state index < -0.39 is 36.0 Å². The van der Waals surface area contributed by atoms with Crippen molar-refractivity contribution in [2.24, 2.45) is 17.7 Å². The number of nitrogens with one attached hydrogen (secondary N) is 1. The predicted octanol–water partition coefficient (Wildman–Crippen LogP) is -1.50. The molecule has 5 N–H and O–H groups in total. The van der Waals surface area contributed by atoms with Crippen LogP contribution in [-0.4, -0.2) is 45.3 Å². The monoisotopic (exact) mass is 245 g/mol. The number of nitrogens with zero attached hydrogens (tertiary/aromatic N) is 1. The molecule has 17 heavy (non-hydrogen) atoms. The number of imide groups is 1. The number of amides is 3. The van der Waals surface area contributed by atoms with E-state index in [0.29, 0.717) is 0 Å². The molecule has 1 aliphatic rings. The smallest absolute Gasteiger partial charge is 0.428 e. The quantitative estimate of drug-likeness (QED) is 0.207. The van der Waals surface area contributed by atoms with Crippen LogP contribution in [0.5, 0.6) is 0 Å². The van der Waals surface area contributed by atoms with Gasteiger partial charge in [0.05, 0.1) is 24.0 Å². The molecule has 1 fully saturated rings. The van der Waals surface area contributed by atoms with Gasteiger partial charge in [-0.05, 0) is 6.92 Å². The van der Waals surface area contributed by atoms with E-state index in [1.807, 2.05) is 0 Å². The van der Waals surface area contributed by atoms with Gasteiger partial charge in [-0.15, -0.1) is 0 Å². The van der Waals surface area contributed by atoms with E-state index in [9.17, 15) is 19.5 Å². The number of β-lactam (4-membered cyclic amide) rings is 1. The zero-order valence-corrected chi connectivity index (χ0v) is 9.45. The highest BCUT2D eigenvalue weighted by atomic mass is 16.4. The van der Waals surface area contributed by atoms with Gasteiger partial charge in [-0.2, -0.15) is 5.01 Å². The molecular weight excluding hydrogens is 230 g/mol. The lowest BCUT2D eigenvalue weighted by Crippen LogP contribution is -2.66. The highest BCUT2D eigenvalue weighted by Gasteiger charge is 2.48. The van der Waals surface area contributed by atoms with Gasteiger partial charge < -0.3 is 15.5 Å². The number of hydrazine groups is 1. The number of aliphatic hydroxyl groups is 1. The predicted molar refractivity (Wildman–Crippen MR) is 55.3 cm³/mol. The summed E-state index contributed by atoms with van der Waals surface area (Å²) in [5.74, 6) is 2.34. The first-order valence-electron chi connectivity index (χ1n) is 5.07. The van der Waals surface area contributed by atoms with Crippen LogP contribution in [-0.2, 0) is 9.59 Å². The number of carbonyl (C=O) groups is 3. The number of aliphatic hydroxyl groups excluding tert-OH is 1. The van der Waals surface area contributed by atoms with Gasteiger partial charge in [0.25, 0.3) is 5.91 Å². The number of hydrogen-bond acceptors (Lipinski definition) is 5. The summed E-state index contributed by atoms with van der Waals surface area (Å²) in [6, 6.07) is -0.597. The van der Waals surface area contributed by atoms with Crippen molar-refractivity contribution in [1.29, 1.82) is 0 Å². The summed E-state index contributed by atoms with van der Waals surface area (Å²) in [6.07, 6.45) is -2.47. The van der Waals surface area contributed by atoms with E-state index in [2.05, 4.69) is 5.32 Å². The van der Waals surface area contributed by atoms with Crippen molar-refractivity contribution in [3.63, 3.8) is 0 Å². The van der Waals surface area contributed by atoms with E-state index >= 15 is 0 Å². The fourth-order valence-corrected chi connectivity index (χ4v) is 1.84. The van der Waals surface area contributed by atoms with E-state index in [1.165, 1.54) is 13.8 Å². The Labute approximate surface area is 97.3 Å². The summed E-state index contributed by atoms with van der Waals surface area (Å²) in [6.45, 7) is 2.88. The summed E-state index contributed by atoms with van der Waals surface area (Å²) in [7, 11) is 0. The molecule has 0 radical (unpaired) electrons. The van der Waals surface area contributed by atoms with Gasteiger partial charge in [0.1, 0.15) is 0 Å². The molecule has 0 aromatic heterocycles. The molecule has 0 aromatic carbocycles. The second kappa shape index (κ2) is 4.68. The topological polar surface area (TPSA) is 133 Å². The molecule has 1 aliphatic heterocycles. The van der Waals surface area contributed by atoms with Crippen molar-refractivity contribution in [3.8, 4) is 0 Å². The van der Waals surface area contributed by atoms with Crippen LogP contribution >= 0.6 is 0 Å². The molecule has 4 atom stereocenters. The molecule has 8 nitrogen and oxygen atoms in total. The van der Waals surface area contributed by atoms with Gasteiger partial charge in [-0.1, -0.05) is 6.92 Å². The van der Waals surface area contributed by atoms with Crippen LogP contribution in [0.1, 0.15) is 13.8 Å². The Balaban J connectivity index is 2.71. The number of hydrogen-bond donors (Lipinski definition) is 4. The van der Waals surface area contributed by atoms with Crippen LogP contribution in [0, 0.1) is 11.8 Å². The van der Waals surface area contributed by atoms with Gasteiger partial charge in [-0.3, -0.25) is 9.59 Å². The Kier molecular flexibility index (Phi) is 3.69. The molecule has 0 aromatic rings. The fraction of sp³-hybridized carbons (Fsp3) is 0.667. The molecule has 1 saturated heterocycles. The van der Waals surface area contributed by atoms with Crippen LogP contribution in [0.15, 0.2) is 0 Å². The largest absolute Gasteiger partial charge is 0.464 e. The number of carbonyl (C=O) groups excluding carboxylic acids is 2. The number of nitrogens with two attached hydrogens (primary N) is 1. The highest BCUT2D eigenvalue weighted by molar-refractivity contribution is 5.94. The number of rotatable bonds is 3. The molecule has 0 bridgehead atoms. The average Bonchev–Trinajstić information content (AvgIpc) is 2.21. The van der Waals surface area contributed by atoms with Crippen LogP contribution < -0.4 is 11.2 Å². The van der Waals surface area contributed by atoms with Crippen molar-refractivity contribution in [3.05, 3.63) is 0 Å². The van der Waals surface area contributed by atoms with Gasteiger partial charge >= 0.3 is 6.09 Å². The highest BCUT2D eigenvalue weighted by Crippen LogP contribution is 2.26. The summed E-state index contributed by atoms with van der Waals surface area (Å²) >= 11 is 0. The zero-order valence-electron chi connectivity index (χ0n) is 9.45. The average molecular weight is 245 g/mol. The maximum atomic E-state index is 11.6. The maximum Gasteiger partial charge on any atom is 0.428 e. The Bertz CT molecular complexity index is 357. The van der Waals surface area contributed by atoms with E-state index in [0.717, 1.165) is 0 Å². The molecule has 0 saturated carbocycles. The van der Waals surface area contributed by atoms with E-state index in [4.69, 9.17) is 10.9 Å². The Morgan fingerprint density at radius 2 is 2.00 bits per heavy atom. The van der Waals surface area contributed by atoms with Crippen molar-refractivity contribution in [2.75, 3.05) is 0 Å². The zero-order chi connectivity index (χ0) is 13.3. The molecular formula is C9H15N3O5. The lowest BCUT2D eigenvalue weighted by atomic mass is 9.78. The number of carboxylic acid groups (broad SMARTS) is 1. The van der Waals surface area contributed by atoms with Crippen LogP contribution in [0.2, 0.25) is 0 Å². The summed E-state index contributed by atoms with van der Waals surface area (Å²) in [5.41, 5.74) is 0. The van der Waals surface area contributed by atoms with Crippen LogP contribution in [0.3, 0.4) is 0 Å². The molecule has 3 amide bonds. The minimum Gasteiger partial charge on any atom is -0.464 e. The third-order valence-corrected chi connectivity index (χ3v) is 2.89. The minimum absolute atomic E-state index is 0.0776. The lowest BCUT2D eigenvalue weighted by Gasteiger charge is -2.41. The third kappa shape index (κ3) is 2.37. The first kappa shape index (κ1) is 13.4. The molecule has 0 aliphatic carbocycles. The van der Waals surface area contributed by atoms with E-state index in [1.54, 1.807) is 0 Å². The van der Waals surface area contributed by atoms with Gasteiger partial charge in [0.15, 0.2) is 0 Å². The Morgan fingerprint density at radius 3 is 2.35 bits per heavy atom. The van der Waals surface area contributed by atoms with Gasteiger partial charge in [-0.25, -0.2) is 10.6 Å². The van der Waals surface area contributed by atoms with Crippen LogP contribution in [0.25, 0.3) is 0 Å². The minimum atomic E-state index is -1.57. The normalized spacial score (nSPS) is 26.5.